The Labute approximate surface area is 375 Å². The Hall–Kier alpha value is -3.30. The van der Waals surface area contributed by atoms with Gasteiger partial charge in [-0.2, -0.15) is 0 Å². The first-order valence-electron chi connectivity index (χ1n) is 24.1. The van der Waals surface area contributed by atoms with E-state index in [0.29, 0.717) is 48.3 Å². The molecule has 63 heavy (non-hydrogen) atoms. The first kappa shape index (κ1) is 52.3. The smallest absolute Gasteiger partial charge is 0.341 e. The average Bonchev–Trinajstić information content (AvgIpc) is 3.74. The number of unbranched alkanes of at least 4 members (excludes halogenated alkanes) is 4. The zero-order valence-corrected chi connectivity index (χ0v) is 38.0. The van der Waals surface area contributed by atoms with Crippen molar-refractivity contribution in [3.05, 3.63) is 58.7 Å². The number of hydrogen-bond acceptors (Lipinski definition) is 10. The molecular weight excluding hydrogens is 807 g/mol. The van der Waals surface area contributed by atoms with Crippen molar-refractivity contribution in [1.29, 1.82) is 0 Å². The van der Waals surface area contributed by atoms with E-state index in [1.807, 2.05) is 29.6 Å². The molecule has 6 rings (SSSR count). The van der Waals surface area contributed by atoms with Gasteiger partial charge in [0.1, 0.15) is 11.5 Å². The number of aliphatic hydroxyl groups is 6. The van der Waals surface area contributed by atoms with Gasteiger partial charge >= 0.3 is 11.9 Å². The summed E-state index contributed by atoms with van der Waals surface area (Å²) in [6.07, 6.45) is 15.7. The van der Waals surface area contributed by atoms with Crippen LogP contribution in [0.15, 0.2) is 36.4 Å². The number of carbonyl (C=O) groups is 2. The Balaban J connectivity index is 0.000000240. The Morgan fingerprint density at radius 1 is 0.635 bits per heavy atom. The highest BCUT2D eigenvalue weighted by molar-refractivity contribution is 5.69. The lowest BCUT2D eigenvalue weighted by molar-refractivity contribution is -0.657. The summed E-state index contributed by atoms with van der Waals surface area (Å²) in [5.41, 5.74) is 4.65. The second-order valence-electron chi connectivity index (χ2n) is 18.5. The maximum atomic E-state index is 10.8. The van der Waals surface area contributed by atoms with Crippen molar-refractivity contribution in [2.45, 2.75) is 154 Å². The van der Waals surface area contributed by atoms with Gasteiger partial charge in [-0.3, -0.25) is 0 Å². The van der Waals surface area contributed by atoms with Crippen molar-refractivity contribution in [3.8, 4) is 11.5 Å². The van der Waals surface area contributed by atoms with Gasteiger partial charge in [0.05, 0.1) is 50.7 Å². The third kappa shape index (κ3) is 16.6. The first-order chi connectivity index (χ1) is 30.4. The number of carboxylic acid groups (broad SMARTS) is 2. The van der Waals surface area contributed by atoms with Gasteiger partial charge in [-0.25, -0.2) is 9.59 Å². The van der Waals surface area contributed by atoms with Crippen LogP contribution in [0.5, 0.6) is 11.5 Å². The van der Waals surface area contributed by atoms with Crippen LogP contribution >= 0.6 is 0 Å². The lowest BCUT2D eigenvalue weighted by atomic mass is 9.73. The van der Waals surface area contributed by atoms with E-state index in [0.717, 1.165) is 127 Å². The molecule has 10 atom stereocenters. The van der Waals surface area contributed by atoms with Crippen molar-refractivity contribution in [2.24, 2.45) is 35.5 Å². The minimum atomic E-state index is -0.972. The standard InChI is InChI=1S/2C23H34O5.C4H11NO2/c2*1-2-3-4-7-17(24)9-10-18-19-11-15-6-5-8-22(28-14-23(26)27)20(15)12-16(19)13-21(18)25;6-3-1-5-2-4-7/h2*5-6,8,16-19,21,24-25H,2-4,7,9-14H2,1H3,(H,26,27);5-7H,1-4H2/p+1/t2*16?,17-,18+,19-,21+;/m00./s1. The van der Waals surface area contributed by atoms with Gasteiger partial charge in [-0.15, -0.1) is 0 Å². The van der Waals surface area contributed by atoms with Gasteiger partial charge in [-0.1, -0.05) is 76.6 Å². The van der Waals surface area contributed by atoms with Crippen LogP contribution in [-0.4, -0.2) is 117 Å². The lowest BCUT2D eigenvalue weighted by Gasteiger charge is -2.32. The van der Waals surface area contributed by atoms with Crippen LogP contribution in [0.2, 0.25) is 0 Å². The molecule has 0 radical (unpaired) electrons. The summed E-state index contributed by atoms with van der Waals surface area (Å²) in [6, 6.07) is 11.7. The summed E-state index contributed by atoms with van der Waals surface area (Å²) >= 11 is 0. The lowest BCUT2D eigenvalue weighted by Crippen LogP contribution is -2.85. The molecule has 13 heteroatoms. The number of rotatable bonds is 24. The van der Waals surface area contributed by atoms with Gasteiger partial charge in [0, 0.05) is 0 Å². The number of nitrogens with two attached hydrogens (primary N) is 1. The fraction of sp³-hybridized carbons (Fsp3) is 0.720. The first-order valence-corrected chi connectivity index (χ1v) is 24.1. The Morgan fingerprint density at radius 2 is 1.05 bits per heavy atom. The van der Waals surface area contributed by atoms with Crippen LogP contribution in [-0.2, 0) is 35.3 Å². The van der Waals surface area contributed by atoms with Crippen LogP contribution in [0.1, 0.15) is 126 Å². The molecule has 0 amide bonds. The molecule has 0 bridgehead atoms. The molecule has 0 heterocycles. The van der Waals surface area contributed by atoms with E-state index in [4.69, 9.17) is 29.9 Å². The van der Waals surface area contributed by atoms with Crippen molar-refractivity contribution >= 4 is 11.9 Å². The highest BCUT2D eigenvalue weighted by atomic mass is 16.5. The molecule has 0 spiro atoms. The largest absolute Gasteiger partial charge is 0.482 e. The number of carboxylic acids is 2. The van der Waals surface area contributed by atoms with E-state index in [1.54, 1.807) is 0 Å². The van der Waals surface area contributed by atoms with E-state index in [2.05, 4.69) is 26.0 Å². The van der Waals surface area contributed by atoms with Crippen molar-refractivity contribution < 1.29 is 65.2 Å². The predicted octanol–water partition coefficient (Wildman–Crippen LogP) is 4.70. The maximum absolute atomic E-state index is 10.8. The number of quaternary nitrogens is 1. The molecule has 0 aromatic heterocycles. The van der Waals surface area contributed by atoms with Crippen LogP contribution in [0.4, 0.5) is 0 Å². The number of benzene rings is 2. The number of fused-ring (bicyclic) bond motifs is 4. The van der Waals surface area contributed by atoms with E-state index in [9.17, 15) is 30.0 Å². The SMILES string of the molecule is CCCCC[C@H](O)CC[C@H]1[C@H](O)CC2Cc3c(cccc3OCC(=O)O)C[C@@H]21.CCCCC[C@H](O)CC[C@H]1[C@H](O)CC2Cc3c(cccc3OCC(=O)O)C[C@@H]21.OCC[NH2+]CCO. The fourth-order valence-corrected chi connectivity index (χ4v) is 10.8. The number of ether oxygens (including phenoxy) is 2. The highest BCUT2D eigenvalue weighted by Crippen LogP contribution is 2.50. The molecule has 2 fully saturated rings. The monoisotopic (exact) mass is 887 g/mol. The fourth-order valence-electron chi connectivity index (χ4n) is 10.8. The summed E-state index contributed by atoms with van der Waals surface area (Å²) in [5, 5.41) is 77.9. The molecule has 2 aromatic carbocycles. The minimum Gasteiger partial charge on any atom is -0.482 e. The Morgan fingerprint density at radius 3 is 1.41 bits per heavy atom. The van der Waals surface area contributed by atoms with Crippen LogP contribution in [0.25, 0.3) is 0 Å². The third-order valence-corrected chi connectivity index (χ3v) is 14.0. The normalized spacial score (nSPS) is 25.1. The molecule has 356 valence electrons. The van der Waals surface area contributed by atoms with Gasteiger partial charge in [0.15, 0.2) is 13.2 Å². The van der Waals surface area contributed by atoms with Crippen LogP contribution < -0.4 is 14.8 Å². The van der Waals surface area contributed by atoms with E-state index in [1.165, 1.54) is 11.1 Å². The summed E-state index contributed by atoms with van der Waals surface area (Å²) in [5.74, 6) is 1.54. The highest BCUT2D eigenvalue weighted by Gasteiger charge is 2.46. The van der Waals surface area contributed by atoms with E-state index in [-0.39, 0.29) is 62.7 Å². The predicted molar refractivity (Wildman–Crippen MR) is 241 cm³/mol. The second-order valence-corrected chi connectivity index (χ2v) is 18.5. The molecule has 2 aromatic rings. The second kappa shape index (κ2) is 27.9. The molecule has 13 nitrogen and oxygen atoms in total. The topological polar surface area (TPSA) is 231 Å². The quantitative estimate of drug-likeness (QED) is 0.0654. The van der Waals surface area contributed by atoms with Gasteiger partial charge < -0.3 is 55.6 Å². The van der Waals surface area contributed by atoms with E-state index < -0.39 is 11.9 Å². The zero-order chi connectivity index (χ0) is 45.7. The molecule has 0 saturated heterocycles. The molecular formula is C50H80NO12+. The van der Waals surface area contributed by atoms with Crippen molar-refractivity contribution in [3.63, 3.8) is 0 Å². The molecule has 2 unspecified atom stereocenters. The van der Waals surface area contributed by atoms with Crippen LogP contribution in [0.3, 0.4) is 0 Å². The molecule has 4 aliphatic rings. The maximum Gasteiger partial charge on any atom is 0.341 e. The summed E-state index contributed by atoms with van der Waals surface area (Å²) in [7, 11) is 0. The average molecular weight is 887 g/mol. The summed E-state index contributed by atoms with van der Waals surface area (Å²) < 4.78 is 11.0. The van der Waals surface area contributed by atoms with Gasteiger partial charge in [-0.05, 0) is 147 Å². The van der Waals surface area contributed by atoms with Crippen molar-refractivity contribution in [1.82, 2.24) is 0 Å². The number of aliphatic carboxylic acids is 2. The summed E-state index contributed by atoms with van der Waals surface area (Å²) in [6.45, 7) is 5.46. The van der Waals surface area contributed by atoms with Crippen LogP contribution in [0, 0.1) is 35.5 Å². The molecule has 2 saturated carbocycles. The van der Waals surface area contributed by atoms with Gasteiger partial charge in [0.2, 0.25) is 0 Å². The molecule has 10 N–H and O–H groups in total. The van der Waals surface area contributed by atoms with Gasteiger partial charge in [0.25, 0.3) is 0 Å². The molecule has 4 aliphatic carbocycles. The Bertz CT molecular complexity index is 1520. The minimum absolute atomic E-state index is 0.194. The Kier molecular flexibility index (Phi) is 23.2. The number of hydrogen-bond donors (Lipinski definition) is 9. The van der Waals surface area contributed by atoms with E-state index >= 15 is 0 Å². The van der Waals surface area contributed by atoms with Crippen molar-refractivity contribution in [2.75, 3.05) is 39.5 Å². The molecule has 0 aliphatic heterocycles. The summed E-state index contributed by atoms with van der Waals surface area (Å²) in [4.78, 5) is 21.7. The zero-order valence-electron chi connectivity index (χ0n) is 38.0. The number of aliphatic hydroxyl groups excluding tert-OH is 6. The third-order valence-electron chi connectivity index (χ3n) is 14.0.